The summed E-state index contributed by atoms with van der Waals surface area (Å²) >= 11 is 8.52. The van der Waals surface area contributed by atoms with E-state index in [4.69, 9.17) is 21.1 Å². The van der Waals surface area contributed by atoms with Crippen molar-refractivity contribution < 1.29 is 27.8 Å². The van der Waals surface area contributed by atoms with Crippen LogP contribution in [0.1, 0.15) is 10.6 Å². The number of anilines is 1. The number of hydrogen-bond donors (Lipinski definition) is 3. The normalized spacial score (nSPS) is 11.3. The quantitative estimate of drug-likeness (QED) is 0.684. The summed E-state index contributed by atoms with van der Waals surface area (Å²) in [5.41, 5.74) is 0.0998. The molecule has 0 saturated heterocycles. The lowest BCUT2D eigenvalue weighted by Crippen LogP contribution is -2.12. The maximum atomic E-state index is 12.2. The summed E-state index contributed by atoms with van der Waals surface area (Å²) < 4.78 is 31.0. The first-order valence-corrected chi connectivity index (χ1v) is 7.90. The molecule has 0 unspecified atom stereocenters. The van der Waals surface area contributed by atoms with Crippen molar-refractivity contribution in [2.45, 2.75) is 4.90 Å². The van der Waals surface area contributed by atoms with E-state index in [1.165, 1.54) is 18.2 Å². The highest BCUT2D eigenvalue weighted by Crippen LogP contribution is 2.30. The number of nitrogens with one attached hydrogen (secondary N) is 1. The smallest absolute Gasteiger partial charge is 0.371 e. The molecule has 21 heavy (non-hydrogen) atoms. The Morgan fingerprint density at radius 3 is 2.52 bits per heavy atom. The molecule has 0 spiro atoms. The van der Waals surface area contributed by atoms with Gasteiger partial charge >= 0.3 is 5.97 Å². The van der Waals surface area contributed by atoms with Crippen LogP contribution in [-0.4, -0.2) is 24.6 Å². The zero-order valence-corrected chi connectivity index (χ0v) is 13.2. The fourth-order valence-electron chi connectivity index (χ4n) is 1.42. The highest BCUT2D eigenvalue weighted by molar-refractivity contribution is 9.10. The molecule has 2 aromatic rings. The molecule has 0 aliphatic heterocycles. The number of carboxylic acids is 1. The van der Waals surface area contributed by atoms with Gasteiger partial charge in [-0.25, -0.2) is 13.2 Å². The van der Waals surface area contributed by atoms with Crippen LogP contribution in [0.15, 0.2) is 38.2 Å². The summed E-state index contributed by atoms with van der Waals surface area (Å²) in [7, 11) is -4.08. The van der Waals surface area contributed by atoms with E-state index in [1.54, 1.807) is 0 Å². The van der Waals surface area contributed by atoms with Crippen LogP contribution in [0.3, 0.4) is 0 Å². The van der Waals surface area contributed by atoms with Crippen molar-refractivity contribution in [3.05, 3.63) is 39.7 Å². The topological polar surface area (TPSA) is 117 Å². The second-order valence-corrected chi connectivity index (χ2v) is 6.60. The van der Waals surface area contributed by atoms with E-state index in [2.05, 4.69) is 20.7 Å². The third-order valence-electron chi connectivity index (χ3n) is 2.36. The number of sulfonamides is 1. The molecule has 10 heteroatoms. The predicted molar refractivity (Wildman–Crippen MR) is 77.3 cm³/mol. The number of furan rings is 1. The Morgan fingerprint density at radius 1 is 1.33 bits per heavy atom. The Morgan fingerprint density at radius 2 is 2.00 bits per heavy atom. The van der Waals surface area contributed by atoms with Crippen LogP contribution in [0, 0.1) is 0 Å². The van der Waals surface area contributed by atoms with Gasteiger partial charge < -0.3 is 14.6 Å². The number of phenols is 1. The number of rotatable bonds is 4. The lowest BCUT2D eigenvalue weighted by Gasteiger charge is -2.07. The van der Waals surface area contributed by atoms with Gasteiger partial charge in [-0.05, 0) is 34.1 Å². The predicted octanol–water partition coefficient (Wildman–Crippen LogP) is 2.90. The lowest BCUT2D eigenvalue weighted by atomic mass is 10.3. The van der Waals surface area contributed by atoms with Crippen LogP contribution < -0.4 is 4.72 Å². The van der Waals surface area contributed by atoms with Crippen molar-refractivity contribution in [2.75, 3.05) is 4.72 Å². The van der Waals surface area contributed by atoms with Crippen molar-refractivity contribution >= 4 is 49.2 Å². The molecule has 0 amide bonds. The zero-order valence-electron chi connectivity index (χ0n) is 10.0. The van der Waals surface area contributed by atoms with Gasteiger partial charge in [-0.15, -0.1) is 0 Å². The van der Waals surface area contributed by atoms with Crippen molar-refractivity contribution in [1.29, 1.82) is 0 Å². The third-order valence-corrected chi connectivity index (χ3v) is 4.90. The standard InChI is InChI=1S/C11H7BrClNO6S/c12-10-9(4-8(20-10)11(16)17)21(18,19)14-5-1-2-7(15)6(13)3-5/h1-4,14-15H,(H,16,17). The number of benzene rings is 1. The molecule has 1 aromatic carbocycles. The molecule has 0 bridgehead atoms. The van der Waals surface area contributed by atoms with Crippen LogP contribution in [-0.2, 0) is 10.0 Å². The van der Waals surface area contributed by atoms with E-state index in [0.717, 1.165) is 6.07 Å². The molecule has 0 fully saturated rings. The Bertz CT molecular complexity index is 816. The minimum atomic E-state index is -4.08. The molecule has 2 rings (SSSR count). The van der Waals surface area contributed by atoms with Crippen molar-refractivity contribution in [2.24, 2.45) is 0 Å². The van der Waals surface area contributed by atoms with Crippen molar-refractivity contribution in [3.63, 3.8) is 0 Å². The van der Waals surface area contributed by atoms with Gasteiger partial charge in [0, 0.05) is 6.07 Å². The molecule has 112 valence electrons. The Balaban J connectivity index is 2.38. The maximum absolute atomic E-state index is 12.2. The van der Waals surface area contributed by atoms with Crippen molar-refractivity contribution in [1.82, 2.24) is 0 Å². The average Bonchev–Trinajstić information content (AvgIpc) is 2.77. The SMILES string of the molecule is O=C(O)c1cc(S(=O)(=O)Nc2ccc(O)c(Cl)c2)c(Br)o1. The summed E-state index contributed by atoms with van der Waals surface area (Å²) in [5.74, 6) is -2.12. The summed E-state index contributed by atoms with van der Waals surface area (Å²) in [4.78, 5) is 10.4. The first kappa shape index (κ1) is 15.7. The number of hydrogen-bond acceptors (Lipinski definition) is 5. The zero-order chi connectivity index (χ0) is 15.8. The highest BCUT2D eigenvalue weighted by Gasteiger charge is 2.25. The largest absolute Gasteiger partial charge is 0.506 e. The number of carboxylic acid groups (broad SMARTS) is 1. The van der Waals surface area contributed by atoms with Crippen LogP contribution in [0.4, 0.5) is 5.69 Å². The van der Waals surface area contributed by atoms with E-state index in [9.17, 15) is 18.3 Å². The van der Waals surface area contributed by atoms with Crippen LogP contribution >= 0.6 is 27.5 Å². The van der Waals surface area contributed by atoms with E-state index >= 15 is 0 Å². The molecule has 1 heterocycles. The number of aromatic carboxylic acids is 1. The van der Waals surface area contributed by atoms with Gasteiger partial charge in [-0.1, -0.05) is 11.6 Å². The fourth-order valence-corrected chi connectivity index (χ4v) is 3.59. The Hall–Kier alpha value is -1.71. The van der Waals surface area contributed by atoms with E-state index in [0.29, 0.717) is 0 Å². The lowest BCUT2D eigenvalue weighted by molar-refractivity contribution is 0.0661. The number of carbonyl (C=O) groups is 1. The molecular weight excluding hydrogens is 390 g/mol. The second kappa shape index (κ2) is 5.58. The molecule has 7 nitrogen and oxygen atoms in total. The van der Waals surface area contributed by atoms with E-state index in [-0.39, 0.29) is 26.0 Å². The minimum Gasteiger partial charge on any atom is -0.506 e. The molecule has 0 saturated carbocycles. The van der Waals surface area contributed by atoms with E-state index in [1.807, 2.05) is 0 Å². The van der Waals surface area contributed by atoms with Gasteiger partial charge in [0.05, 0.1) is 10.7 Å². The molecule has 1 aromatic heterocycles. The van der Waals surface area contributed by atoms with Gasteiger partial charge in [0.1, 0.15) is 10.6 Å². The molecule has 0 aliphatic carbocycles. The minimum absolute atomic E-state index is 0.0346. The maximum Gasteiger partial charge on any atom is 0.371 e. The van der Waals surface area contributed by atoms with E-state index < -0.39 is 21.8 Å². The van der Waals surface area contributed by atoms with Gasteiger partial charge in [0.25, 0.3) is 10.0 Å². The van der Waals surface area contributed by atoms with Gasteiger partial charge in [0.2, 0.25) is 5.76 Å². The molecule has 0 aliphatic rings. The number of halogens is 2. The molecule has 3 N–H and O–H groups in total. The number of phenolic OH excluding ortho intramolecular Hbond substituents is 1. The van der Waals surface area contributed by atoms with Crippen LogP contribution in [0.5, 0.6) is 5.75 Å². The monoisotopic (exact) mass is 395 g/mol. The average molecular weight is 397 g/mol. The first-order valence-electron chi connectivity index (χ1n) is 5.24. The summed E-state index contributed by atoms with van der Waals surface area (Å²) in [6.07, 6.45) is 0. The summed E-state index contributed by atoms with van der Waals surface area (Å²) in [6, 6.07) is 4.59. The molecule has 0 atom stereocenters. The summed E-state index contributed by atoms with van der Waals surface area (Å²) in [6.45, 7) is 0. The van der Waals surface area contributed by atoms with Gasteiger partial charge in [0.15, 0.2) is 4.67 Å². The molecular formula is C11H7BrClNO6S. The van der Waals surface area contributed by atoms with Crippen LogP contribution in [0.2, 0.25) is 5.02 Å². The fraction of sp³-hybridized carbons (Fsp3) is 0. The van der Waals surface area contributed by atoms with Gasteiger partial charge in [-0.2, -0.15) is 0 Å². The van der Waals surface area contributed by atoms with Crippen molar-refractivity contribution in [3.8, 4) is 5.75 Å². The highest BCUT2D eigenvalue weighted by atomic mass is 79.9. The Kier molecular flexibility index (Phi) is 4.17. The Labute approximate surface area is 132 Å². The molecule has 0 radical (unpaired) electrons. The van der Waals surface area contributed by atoms with Crippen LogP contribution in [0.25, 0.3) is 0 Å². The van der Waals surface area contributed by atoms with Gasteiger partial charge in [-0.3, -0.25) is 4.72 Å². The third kappa shape index (κ3) is 3.31. The first-order chi connectivity index (χ1) is 9.70. The second-order valence-electron chi connectivity index (χ2n) is 3.83. The summed E-state index contributed by atoms with van der Waals surface area (Å²) in [5, 5.41) is 18.0. The number of aromatic hydroxyl groups is 1.